The van der Waals surface area contributed by atoms with Gasteiger partial charge in [0.15, 0.2) is 0 Å². The number of hydrogen-bond acceptors (Lipinski definition) is 4. The van der Waals surface area contributed by atoms with E-state index < -0.39 is 0 Å². The first-order valence-electron chi connectivity index (χ1n) is 9.78. The third-order valence-electron chi connectivity index (χ3n) is 5.45. The highest BCUT2D eigenvalue weighted by Gasteiger charge is 2.26. The average Bonchev–Trinajstić information content (AvgIpc) is 3.31. The first kappa shape index (κ1) is 16.9. The van der Waals surface area contributed by atoms with Crippen LogP contribution in [0.25, 0.3) is 22.1 Å². The number of benzene rings is 2. The lowest BCUT2D eigenvalue weighted by Gasteiger charge is -2.28. The topological polar surface area (TPSA) is 88.5 Å². The number of nitrogens with one attached hydrogen (secondary N) is 2. The number of amides is 1. The number of rotatable bonds is 4. The highest BCUT2D eigenvalue weighted by atomic mass is 16.2. The van der Waals surface area contributed by atoms with Gasteiger partial charge in [0.1, 0.15) is 23.4 Å². The lowest BCUT2D eigenvalue weighted by Crippen LogP contribution is -2.40. The second-order valence-electron chi connectivity index (χ2n) is 7.49. The van der Waals surface area contributed by atoms with E-state index in [9.17, 15) is 4.79 Å². The molecule has 2 N–H and O–H groups in total. The van der Waals surface area contributed by atoms with Gasteiger partial charge in [0, 0.05) is 12.0 Å². The largest absolute Gasteiger partial charge is 0.352 e. The number of aromatic amines is 1. The van der Waals surface area contributed by atoms with E-state index in [1.165, 1.54) is 4.80 Å². The van der Waals surface area contributed by atoms with Gasteiger partial charge in [-0.2, -0.15) is 15.0 Å². The summed E-state index contributed by atoms with van der Waals surface area (Å²) in [5.41, 5.74) is 3.68. The molecule has 1 aliphatic carbocycles. The summed E-state index contributed by atoms with van der Waals surface area (Å²) in [6.45, 7) is 0.139. The van der Waals surface area contributed by atoms with Gasteiger partial charge in [0.2, 0.25) is 5.91 Å². The zero-order valence-corrected chi connectivity index (χ0v) is 15.5. The second-order valence-corrected chi connectivity index (χ2v) is 7.49. The van der Waals surface area contributed by atoms with Gasteiger partial charge < -0.3 is 10.3 Å². The molecule has 7 heteroatoms. The van der Waals surface area contributed by atoms with E-state index >= 15 is 0 Å². The van der Waals surface area contributed by atoms with Crippen LogP contribution in [0.1, 0.15) is 37.4 Å². The number of H-pyrrole nitrogens is 1. The Balaban J connectivity index is 1.24. The van der Waals surface area contributed by atoms with Crippen LogP contribution in [0.2, 0.25) is 0 Å². The van der Waals surface area contributed by atoms with Crippen molar-refractivity contribution in [2.45, 2.75) is 44.2 Å². The fourth-order valence-corrected chi connectivity index (χ4v) is 4.11. The molecule has 2 unspecified atom stereocenters. The molecule has 5 rings (SSSR count). The van der Waals surface area contributed by atoms with Gasteiger partial charge >= 0.3 is 0 Å². The summed E-state index contributed by atoms with van der Waals surface area (Å²) in [7, 11) is 0. The van der Waals surface area contributed by atoms with Crippen LogP contribution in [0, 0.1) is 0 Å². The maximum absolute atomic E-state index is 12.5. The Morgan fingerprint density at radius 2 is 1.75 bits per heavy atom. The summed E-state index contributed by atoms with van der Waals surface area (Å²) in [5.74, 6) is 1.33. The van der Waals surface area contributed by atoms with Gasteiger partial charge in [-0.1, -0.05) is 30.7 Å². The maximum atomic E-state index is 12.5. The molecular formula is C21H22N6O. The van der Waals surface area contributed by atoms with Crippen molar-refractivity contribution in [2.75, 3.05) is 0 Å². The van der Waals surface area contributed by atoms with Crippen LogP contribution < -0.4 is 5.32 Å². The summed E-state index contributed by atoms with van der Waals surface area (Å²) in [6.07, 6.45) is 4.08. The van der Waals surface area contributed by atoms with Crippen LogP contribution >= 0.6 is 0 Å². The normalized spacial score (nSPS) is 19.9. The fourth-order valence-electron chi connectivity index (χ4n) is 4.11. The van der Waals surface area contributed by atoms with Gasteiger partial charge in [-0.25, -0.2) is 4.98 Å². The van der Waals surface area contributed by atoms with Crippen molar-refractivity contribution >= 4 is 28.0 Å². The number of imidazole rings is 1. The molecule has 2 aromatic carbocycles. The Hall–Kier alpha value is -3.22. The molecule has 0 saturated heterocycles. The van der Waals surface area contributed by atoms with E-state index in [0.717, 1.165) is 53.6 Å². The third kappa shape index (κ3) is 3.35. The Kier molecular flexibility index (Phi) is 4.27. The molecule has 0 bridgehead atoms. The Morgan fingerprint density at radius 3 is 2.50 bits per heavy atom. The Bertz CT molecular complexity index is 1060. The van der Waals surface area contributed by atoms with Crippen molar-refractivity contribution < 1.29 is 4.79 Å². The molecule has 1 amide bonds. The molecule has 0 aliphatic heterocycles. The van der Waals surface area contributed by atoms with Crippen LogP contribution in [0.15, 0.2) is 48.5 Å². The molecule has 2 atom stereocenters. The van der Waals surface area contributed by atoms with Crippen molar-refractivity contribution in [3.8, 4) is 0 Å². The molecule has 2 aromatic heterocycles. The molecule has 4 aromatic rings. The second kappa shape index (κ2) is 7.07. The van der Waals surface area contributed by atoms with E-state index in [1.807, 2.05) is 42.5 Å². The molecule has 1 aliphatic rings. The third-order valence-corrected chi connectivity index (χ3v) is 5.45. The molecule has 142 valence electrons. The smallest absolute Gasteiger partial charge is 0.243 e. The summed E-state index contributed by atoms with van der Waals surface area (Å²) in [5, 5.41) is 11.9. The molecule has 0 radical (unpaired) electrons. The number of carbonyl (C=O) groups is 1. The summed E-state index contributed by atoms with van der Waals surface area (Å²) in [4.78, 5) is 22.2. The number of para-hydroxylation sites is 2. The van der Waals surface area contributed by atoms with Crippen molar-refractivity contribution in [1.82, 2.24) is 30.3 Å². The van der Waals surface area contributed by atoms with E-state index in [-0.39, 0.29) is 18.5 Å². The average molecular weight is 374 g/mol. The lowest BCUT2D eigenvalue weighted by atomic mass is 9.85. The highest BCUT2D eigenvalue weighted by Crippen LogP contribution is 2.32. The van der Waals surface area contributed by atoms with Gasteiger partial charge in [0.05, 0.1) is 11.0 Å². The van der Waals surface area contributed by atoms with Crippen molar-refractivity contribution in [3.05, 3.63) is 54.4 Å². The molecular weight excluding hydrogens is 352 g/mol. The minimum Gasteiger partial charge on any atom is -0.352 e. The van der Waals surface area contributed by atoms with Crippen molar-refractivity contribution in [3.63, 3.8) is 0 Å². The van der Waals surface area contributed by atoms with Crippen LogP contribution in [-0.2, 0) is 11.3 Å². The Morgan fingerprint density at radius 1 is 1.04 bits per heavy atom. The SMILES string of the molecule is O=C(Cn1nc2ccccc2n1)NC1CCCC(c2nc3ccccc3[nH]2)C1. The Labute approximate surface area is 162 Å². The van der Waals surface area contributed by atoms with Crippen LogP contribution in [0.5, 0.6) is 0 Å². The molecule has 28 heavy (non-hydrogen) atoms. The standard InChI is InChI=1S/C21H22N6O/c28-20(13-27-25-18-10-3-4-11-19(18)26-27)22-15-7-5-6-14(12-15)21-23-16-8-1-2-9-17(16)24-21/h1-4,8-11,14-15H,5-7,12-13H2,(H,22,28)(H,23,24). The summed E-state index contributed by atoms with van der Waals surface area (Å²) < 4.78 is 0. The molecule has 1 saturated carbocycles. The van der Waals surface area contributed by atoms with Crippen LogP contribution in [-0.4, -0.2) is 36.9 Å². The molecule has 2 heterocycles. The predicted molar refractivity (Wildman–Crippen MR) is 107 cm³/mol. The number of aromatic nitrogens is 5. The van der Waals surface area contributed by atoms with E-state index in [4.69, 9.17) is 4.98 Å². The van der Waals surface area contributed by atoms with E-state index in [0.29, 0.717) is 5.92 Å². The molecule has 0 spiro atoms. The van der Waals surface area contributed by atoms with Crippen molar-refractivity contribution in [1.29, 1.82) is 0 Å². The first-order chi connectivity index (χ1) is 13.7. The van der Waals surface area contributed by atoms with E-state index in [1.54, 1.807) is 0 Å². The van der Waals surface area contributed by atoms with Gasteiger partial charge in [-0.05, 0) is 43.5 Å². The zero-order chi connectivity index (χ0) is 18.9. The number of hydrogen-bond donors (Lipinski definition) is 2. The minimum absolute atomic E-state index is 0.0458. The van der Waals surface area contributed by atoms with E-state index in [2.05, 4.69) is 26.6 Å². The summed E-state index contributed by atoms with van der Waals surface area (Å²) >= 11 is 0. The van der Waals surface area contributed by atoms with Crippen molar-refractivity contribution in [2.24, 2.45) is 0 Å². The zero-order valence-electron chi connectivity index (χ0n) is 15.5. The molecule has 7 nitrogen and oxygen atoms in total. The van der Waals surface area contributed by atoms with Gasteiger partial charge in [0.25, 0.3) is 0 Å². The van der Waals surface area contributed by atoms with Crippen LogP contribution in [0.3, 0.4) is 0 Å². The van der Waals surface area contributed by atoms with Gasteiger partial charge in [-0.15, -0.1) is 0 Å². The fraction of sp³-hybridized carbons (Fsp3) is 0.333. The quantitative estimate of drug-likeness (QED) is 0.574. The first-order valence-corrected chi connectivity index (χ1v) is 9.78. The highest BCUT2D eigenvalue weighted by molar-refractivity contribution is 5.77. The maximum Gasteiger partial charge on any atom is 0.243 e. The predicted octanol–water partition coefficient (Wildman–Crippen LogP) is 3.15. The number of fused-ring (bicyclic) bond motifs is 2. The lowest BCUT2D eigenvalue weighted by molar-refractivity contribution is -0.123. The summed E-state index contributed by atoms with van der Waals surface area (Å²) in [6, 6.07) is 15.9. The molecule has 1 fully saturated rings. The minimum atomic E-state index is -0.0458. The van der Waals surface area contributed by atoms with Gasteiger partial charge in [-0.3, -0.25) is 4.79 Å². The number of nitrogens with zero attached hydrogens (tertiary/aromatic N) is 4. The number of carbonyl (C=O) groups excluding carboxylic acids is 1. The van der Waals surface area contributed by atoms with Crippen LogP contribution in [0.4, 0.5) is 0 Å². The monoisotopic (exact) mass is 374 g/mol.